The van der Waals surface area contributed by atoms with Crippen LogP contribution in [0.25, 0.3) is 0 Å². The first-order valence-electron chi connectivity index (χ1n) is 5.86. The van der Waals surface area contributed by atoms with Gasteiger partial charge in [0.2, 0.25) is 0 Å². The van der Waals surface area contributed by atoms with E-state index in [1.54, 1.807) is 0 Å². The molecule has 2 nitrogen and oxygen atoms in total. The van der Waals surface area contributed by atoms with Crippen LogP contribution in [0.2, 0.25) is 5.02 Å². The Morgan fingerprint density at radius 3 is 2.65 bits per heavy atom. The second kappa shape index (κ2) is 6.82. The van der Waals surface area contributed by atoms with Crippen molar-refractivity contribution >= 4 is 34.5 Å². The molecular formula is C13H19ClN2S. The molecule has 0 saturated carbocycles. The summed E-state index contributed by atoms with van der Waals surface area (Å²) < 4.78 is 0. The predicted molar refractivity (Wildman–Crippen MR) is 80.1 cm³/mol. The number of nitrogens with zero attached hydrogens (tertiary/aromatic N) is 1. The van der Waals surface area contributed by atoms with E-state index in [2.05, 4.69) is 18.9 Å². The molecule has 94 valence electrons. The summed E-state index contributed by atoms with van der Waals surface area (Å²) in [5.41, 5.74) is 7.42. The maximum Gasteiger partial charge on any atom is 0.105 e. The second-order valence-electron chi connectivity index (χ2n) is 4.16. The monoisotopic (exact) mass is 270 g/mol. The smallest absolute Gasteiger partial charge is 0.105 e. The number of thiocarbonyl (C=S) groups is 1. The van der Waals surface area contributed by atoms with Gasteiger partial charge in [-0.2, -0.15) is 0 Å². The van der Waals surface area contributed by atoms with Gasteiger partial charge in [-0.3, -0.25) is 0 Å². The van der Waals surface area contributed by atoms with Gasteiger partial charge in [-0.05, 0) is 24.6 Å². The maximum atomic E-state index is 6.14. The van der Waals surface area contributed by atoms with Crippen LogP contribution in [0.5, 0.6) is 0 Å². The van der Waals surface area contributed by atoms with Crippen LogP contribution in [-0.4, -0.2) is 18.6 Å². The topological polar surface area (TPSA) is 29.3 Å². The van der Waals surface area contributed by atoms with Crippen LogP contribution in [0, 0.1) is 0 Å². The van der Waals surface area contributed by atoms with Crippen molar-refractivity contribution in [1.82, 2.24) is 0 Å². The standard InChI is InChI=1S/C13H19ClN2S/c1-3-4-5-8-16(2)10-6-7-11(13(15)17)12(14)9-10/h6-7,9H,3-5,8H2,1-2H3,(H2,15,17). The van der Waals surface area contributed by atoms with Crippen molar-refractivity contribution in [3.8, 4) is 0 Å². The van der Waals surface area contributed by atoms with E-state index in [1.165, 1.54) is 19.3 Å². The first-order chi connectivity index (χ1) is 8.06. The lowest BCUT2D eigenvalue weighted by atomic mass is 10.2. The fourth-order valence-corrected chi connectivity index (χ4v) is 2.18. The minimum atomic E-state index is 0.343. The molecule has 0 heterocycles. The fraction of sp³-hybridized carbons (Fsp3) is 0.462. The number of nitrogens with two attached hydrogens (primary N) is 1. The van der Waals surface area contributed by atoms with Crippen molar-refractivity contribution in [2.75, 3.05) is 18.5 Å². The van der Waals surface area contributed by atoms with Gasteiger partial charge in [-0.25, -0.2) is 0 Å². The highest BCUT2D eigenvalue weighted by Gasteiger charge is 2.06. The molecule has 1 aromatic carbocycles. The van der Waals surface area contributed by atoms with Crippen molar-refractivity contribution < 1.29 is 0 Å². The van der Waals surface area contributed by atoms with Gasteiger partial charge >= 0.3 is 0 Å². The first kappa shape index (κ1) is 14.3. The van der Waals surface area contributed by atoms with E-state index in [9.17, 15) is 0 Å². The molecule has 2 N–H and O–H groups in total. The van der Waals surface area contributed by atoms with Crippen molar-refractivity contribution in [3.05, 3.63) is 28.8 Å². The summed E-state index contributed by atoms with van der Waals surface area (Å²) in [6.07, 6.45) is 3.68. The fourth-order valence-electron chi connectivity index (χ4n) is 1.67. The Kier molecular flexibility index (Phi) is 5.72. The van der Waals surface area contributed by atoms with Gasteiger partial charge in [0.1, 0.15) is 4.99 Å². The molecule has 0 amide bonds. The maximum absolute atomic E-state index is 6.14. The Morgan fingerprint density at radius 2 is 2.12 bits per heavy atom. The van der Waals surface area contributed by atoms with Gasteiger partial charge in [-0.15, -0.1) is 0 Å². The van der Waals surface area contributed by atoms with E-state index >= 15 is 0 Å². The van der Waals surface area contributed by atoms with E-state index in [4.69, 9.17) is 29.6 Å². The summed E-state index contributed by atoms with van der Waals surface area (Å²) >= 11 is 11.1. The van der Waals surface area contributed by atoms with E-state index < -0.39 is 0 Å². The molecule has 0 unspecified atom stereocenters. The van der Waals surface area contributed by atoms with Crippen LogP contribution in [0.4, 0.5) is 5.69 Å². The molecule has 0 saturated heterocycles. The zero-order chi connectivity index (χ0) is 12.8. The molecular weight excluding hydrogens is 252 g/mol. The van der Waals surface area contributed by atoms with E-state index in [0.29, 0.717) is 10.0 Å². The number of anilines is 1. The van der Waals surface area contributed by atoms with Crippen LogP contribution in [-0.2, 0) is 0 Å². The Balaban J connectivity index is 2.72. The minimum absolute atomic E-state index is 0.343. The number of halogens is 1. The predicted octanol–water partition coefficient (Wildman–Crippen LogP) is 3.60. The van der Waals surface area contributed by atoms with Crippen LogP contribution in [0.1, 0.15) is 31.7 Å². The van der Waals surface area contributed by atoms with Gasteiger partial charge in [-0.1, -0.05) is 43.6 Å². The van der Waals surface area contributed by atoms with Crippen molar-refractivity contribution in [2.24, 2.45) is 5.73 Å². The molecule has 0 aromatic heterocycles. The Bertz CT molecular complexity index is 393. The van der Waals surface area contributed by atoms with Gasteiger partial charge in [0, 0.05) is 24.8 Å². The lowest BCUT2D eigenvalue weighted by Gasteiger charge is -2.20. The molecule has 4 heteroatoms. The number of hydrogen-bond acceptors (Lipinski definition) is 2. The van der Waals surface area contributed by atoms with Crippen molar-refractivity contribution in [3.63, 3.8) is 0 Å². The SMILES string of the molecule is CCCCCN(C)c1ccc(C(N)=S)c(Cl)c1. The Labute approximate surface area is 114 Å². The first-order valence-corrected chi connectivity index (χ1v) is 6.65. The third-order valence-electron chi connectivity index (χ3n) is 2.76. The van der Waals surface area contributed by atoms with Gasteiger partial charge in [0.25, 0.3) is 0 Å². The van der Waals surface area contributed by atoms with Crippen molar-refractivity contribution in [1.29, 1.82) is 0 Å². The molecule has 1 rings (SSSR count). The minimum Gasteiger partial charge on any atom is -0.389 e. The van der Waals surface area contributed by atoms with E-state index in [1.807, 2.05) is 18.2 Å². The Morgan fingerprint density at radius 1 is 1.41 bits per heavy atom. The molecule has 0 spiro atoms. The normalized spacial score (nSPS) is 10.3. The number of hydrogen-bond donors (Lipinski definition) is 1. The highest BCUT2D eigenvalue weighted by atomic mass is 35.5. The average molecular weight is 271 g/mol. The highest BCUT2D eigenvalue weighted by Crippen LogP contribution is 2.23. The van der Waals surface area contributed by atoms with Crippen LogP contribution in [0.3, 0.4) is 0 Å². The van der Waals surface area contributed by atoms with E-state index in [-0.39, 0.29) is 0 Å². The molecule has 0 aliphatic carbocycles. The van der Waals surface area contributed by atoms with E-state index in [0.717, 1.165) is 17.8 Å². The number of rotatable bonds is 6. The summed E-state index contributed by atoms with van der Waals surface area (Å²) in [4.78, 5) is 2.54. The lowest BCUT2D eigenvalue weighted by molar-refractivity contribution is 0.705. The molecule has 0 radical (unpaired) electrons. The summed E-state index contributed by atoms with van der Waals surface area (Å²) in [6.45, 7) is 3.24. The average Bonchev–Trinajstić information content (AvgIpc) is 2.28. The molecule has 1 aromatic rings. The van der Waals surface area contributed by atoms with Crippen LogP contribution in [0.15, 0.2) is 18.2 Å². The quantitative estimate of drug-likeness (QED) is 0.633. The molecule has 0 aliphatic rings. The zero-order valence-corrected chi connectivity index (χ0v) is 11.9. The second-order valence-corrected chi connectivity index (χ2v) is 5.00. The summed E-state index contributed by atoms with van der Waals surface area (Å²) in [5.74, 6) is 0. The van der Waals surface area contributed by atoms with Gasteiger partial charge in [0.15, 0.2) is 0 Å². The third kappa shape index (κ3) is 4.17. The summed E-state index contributed by atoms with van der Waals surface area (Å²) in [6, 6.07) is 5.81. The van der Waals surface area contributed by atoms with Crippen molar-refractivity contribution in [2.45, 2.75) is 26.2 Å². The summed E-state index contributed by atoms with van der Waals surface area (Å²) in [5, 5.41) is 0.623. The summed E-state index contributed by atoms with van der Waals surface area (Å²) in [7, 11) is 2.07. The zero-order valence-electron chi connectivity index (χ0n) is 10.4. The Hall–Kier alpha value is -0.800. The number of benzene rings is 1. The molecule has 17 heavy (non-hydrogen) atoms. The molecule has 0 bridgehead atoms. The highest BCUT2D eigenvalue weighted by molar-refractivity contribution is 7.80. The van der Waals surface area contributed by atoms with Crippen LogP contribution >= 0.6 is 23.8 Å². The largest absolute Gasteiger partial charge is 0.389 e. The lowest BCUT2D eigenvalue weighted by Crippen LogP contribution is -2.19. The third-order valence-corrected chi connectivity index (χ3v) is 3.29. The molecule has 0 atom stereocenters. The van der Waals surface area contributed by atoms with Gasteiger partial charge < -0.3 is 10.6 Å². The molecule has 0 aliphatic heterocycles. The molecule has 0 fully saturated rings. The van der Waals surface area contributed by atoms with Crippen LogP contribution < -0.4 is 10.6 Å². The number of unbranched alkanes of at least 4 members (excludes halogenated alkanes) is 2. The van der Waals surface area contributed by atoms with Gasteiger partial charge in [0.05, 0.1) is 5.02 Å².